The number of rotatable bonds is 9. The minimum Gasteiger partial charge on any atom is -0.356 e. The summed E-state index contributed by atoms with van der Waals surface area (Å²) in [6, 6.07) is 21.0. The molecular formula is C25H35N5O. The fourth-order valence-corrected chi connectivity index (χ4v) is 4.02. The molecule has 1 aliphatic heterocycles. The summed E-state index contributed by atoms with van der Waals surface area (Å²) in [5.74, 6) is 0.852. The molecule has 2 N–H and O–H groups in total. The van der Waals surface area contributed by atoms with E-state index in [-0.39, 0.29) is 5.91 Å². The Morgan fingerprint density at radius 1 is 1.03 bits per heavy atom. The molecule has 0 aliphatic carbocycles. The minimum absolute atomic E-state index is 0.117. The SMILES string of the molecule is CN=C(NCCC(=O)N(C)Cc1ccccc1)NCC(c1ccccc1)N1CCCC1. The van der Waals surface area contributed by atoms with E-state index in [0.29, 0.717) is 25.6 Å². The lowest BCUT2D eigenvalue weighted by Gasteiger charge is -2.29. The number of likely N-dealkylation sites (tertiary alicyclic amines) is 1. The van der Waals surface area contributed by atoms with Gasteiger partial charge in [0, 0.05) is 40.2 Å². The summed E-state index contributed by atoms with van der Waals surface area (Å²) in [6.45, 7) is 4.23. The van der Waals surface area contributed by atoms with E-state index < -0.39 is 0 Å². The molecule has 1 saturated heterocycles. The Bertz CT molecular complexity index is 818. The van der Waals surface area contributed by atoms with Gasteiger partial charge in [0.1, 0.15) is 0 Å². The molecule has 0 radical (unpaired) electrons. The first-order valence-electron chi connectivity index (χ1n) is 11.2. The molecule has 6 heteroatoms. The van der Waals surface area contributed by atoms with Crippen molar-refractivity contribution in [2.75, 3.05) is 40.3 Å². The van der Waals surface area contributed by atoms with Crippen molar-refractivity contribution in [1.82, 2.24) is 20.4 Å². The fraction of sp³-hybridized carbons (Fsp3) is 0.440. The normalized spacial score (nSPS) is 15.5. The van der Waals surface area contributed by atoms with Gasteiger partial charge in [-0.2, -0.15) is 0 Å². The van der Waals surface area contributed by atoms with Gasteiger partial charge in [-0.1, -0.05) is 60.7 Å². The van der Waals surface area contributed by atoms with Gasteiger partial charge in [-0.25, -0.2) is 0 Å². The summed E-state index contributed by atoms with van der Waals surface area (Å²) in [7, 11) is 3.62. The molecule has 6 nitrogen and oxygen atoms in total. The van der Waals surface area contributed by atoms with E-state index in [1.165, 1.54) is 18.4 Å². The minimum atomic E-state index is 0.117. The number of carbonyl (C=O) groups is 1. The van der Waals surface area contributed by atoms with Gasteiger partial charge >= 0.3 is 0 Å². The van der Waals surface area contributed by atoms with Crippen LogP contribution in [-0.4, -0.2) is 61.9 Å². The lowest BCUT2D eigenvalue weighted by atomic mass is 10.1. The molecule has 166 valence electrons. The number of carbonyl (C=O) groups excluding carboxylic acids is 1. The third-order valence-electron chi connectivity index (χ3n) is 5.77. The molecule has 0 saturated carbocycles. The number of amides is 1. The van der Waals surface area contributed by atoms with Crippen molar-refractivity contribution < 1.29 is 4.79 Å². The van der Waals surface area contributed by atoms with Gasteiger partial charge < -0.3 is 15.5 Å². The predicted molar refractivity (Wildman–Crippen MR) is 127 cm³/mol. The molecule has 1 aliphatic rings. The van der Waals surface area contributed by atoms with Crippen LogP contribution in [0.25, 0.3) is 0 Å². The molecule has 1 amide bonds. The number of nitrogens with one attached hydrogen (secondary N) is 2. The largest absolute Gasteiger partial charge is 0.356 e. The molecule has 0 spiro atoms. The highest BCUT2D eigenvalue weighted by Gasteiger charge is 2.23. The molecule has 2 aromatic carbocycles. The number of aliphatic imine (C=N–C) groups is 1. The number of benzene rings is 2. The maximum Gasteiger partial charge on any atom is 0.224 e. The van der Waals surface area contributed by atoms with Crippen molar-refractivity contribution in [2.24, 2.45) is 4.99 Å². The third kappa shape index (κ3) is 7.10. The zero-order valence-electron chi connectivity index (χ0n) is 18.8. The Morgan fingerprint density at radius 2 is 1.68 bits per heavy atom. The fourth-order valence-electron chi connectivity index (χ4n) is 4.02. The second kappa shape index (κ2) is 12.1. The third-order valence-corrected chi connectivity index (χ3v) is 5.77. The maximum atomic E-state index is 12.5. The van der Waals surface area contributed by atoms with E-state index in [1.807, 2.05) is 37.4 Å². The van der Waals surface area contributed by atoms with Gasteiger partial charge in [-0.15, -0.1) is 0 Å². The summed E-state index contributed by atoms with van der Waals surface area (Å²) >= 11 is 0. The highest BCUT2D eigenvalue weighted by Crippen LogP contribution is 2.24. The van der Waals surface area contributed by atoms with Crippen LogP contribution in [0.5, 0.6) is 0 Å². The summed E-state index contributed by atoms with van der Waals surface area (Å²) in [4.78, 5) is 21.1. The molecular weight excluding hydrogens is 386 g/mol. The van der Waals surface area contributed by atoms with Crippen LogP contribution >= 0.6 is 0 Å². The maximum absolute atomic E-state index is 12.5. The number of nitrogens with zero attached hydrogens (tertiary/aromatic N) is 3. The number of hydrogen-bond donors (Lipinski definition) is 2. The van der Waals surface area contributed by atoms with Gasteiger partial charge in [-0.3, -0.25) is 14.7 Å². The van der Waals surface area contributed by atoms with Crippen LogP contribution in [0.4, 0.5) is 0 Å². The molecule has 0 aromatic heterocycles. The van der Waals surface area contributed by atoms with E-state index in [9.17, 15) is 4.79 Å². The number of hydrogen-bond acceptors (Lipinski definition) is 3. The average Bonchev–Trinajstić information content (AvgIpc) is 3.34. The van der Waals surface area contributed by atoms with Crippen molar-refractivity contribution in [3.8, 4) is 0 Å². The Balaban J connectivity index is 1.45. The van der Waals surface area contributed by atoms with Crippen molar-refractivity contribution in [1.29, 1.82) is 0 Å². The quantitative estimate of drug-likeness (QED) is 0.483. The van der Waals surface area contributed by atoms with Crippen molar-refractivity contribution in [3.05, 3.63) is 71.8 Å². The first-order chi connectivity index (χ1) is 15.2. The average molecular weight is 422 g/mol. The molecule has 2 aromatic rings. The lowest BCUT2D eigenvalue weighted by molar-refractivity contribution is -0.130. The molecule has 31 heavy (non-hydrogen) atoms. The van der Waals surface area contributed by atoms with Crippen molar-refractivity contribution >= 4 is 11.9 Å². The molecule has 1 heterocycles. The molecule has 0 bridgehead atoms. The standard InChI is InChI=1S/C25H35N5O/c1-26-25(27-16-15-24(31)29(2)20-21-11-5-3-6-12-21)28-19-23(30-17-9-10-18-30)22-13-7-4-8-14-22/h3-8,11-14,23H,9-10,15-20H2,1-2H3,(H2,26,27,28). The van der Waals surface area contributed by atoms with Gasteiger partial charge in [-0.05, 0) is 37.1 Å². The van der Waals surface area contributed by atoms with Gasteiger partial charge in [0.25, 0.3) is 0 Å². The molecule has 1 unspecified atom stereocenters. The van der Waals surface area contributed by atoms with Crippen LogP contribution in [0.1, 0.15) is 36.4 Å². The summed E-state index contributed by atoms with van der Waals surface area (Å²) in [5, 5.41) is 6.75. The smallest absolute Gasteiger partial charge is 0.224 e. The van der Waals surface area contributed by atoms with Crippen molar-refractivity contribution in [3.63, 3.8) is 0 Å². The van der Waals surface area contributed by atoms with Crippen LogP contribution in [-0.2, 0) is 11.3 Å². The molecule has 3 rings (SSSR count). The van der Waals surface area contributed by atoms with E-state index in [1.54, 1.807) is 11.9 Å². The zero-order valence-corrected chi connectivity index (χ0v) is 18.8. The zero-order chi connectivity index (χ0) is 21.9. The van der Waals surface area contributed by atoms with Crippen LogP contribution in [0.2, 0.25) is 0 Å². The van der Waals surface area contributed by atoms with Gasteiger partial charge in [0.2, 0.25) is 5.91 Å². The van der Waals surface area contributed by atoms with Crippen LogP contribution in [0, 0.1) is 0 Å². The van der Waals surface area contributed by atoms with Gasteiger partial charge in [0.15, 0.2) is 5.96 Å². The van der Waals surface area contributed by atoms with Crippen LogP contribution in [0.15, 0.2) is 65.7 Å². The summed E-state index contributed by atoms with van der Waals surface area (Å²) < 4.78 is 0. The summed E-state index contributed by atoms with van der Waals surface area (Å²) in [5.41, 5.74) is 2.46. The summed E-state index contributed by atoms with van der Waals surface area (Å²) in [6.07, 6.45) is 2.95. The van der Waals surface area contributed by atoms with E-state index in [0.717, 1.165) is 31.2 Å². The first kappa shape index (κ1) is 22.8. The van der Waals surface area contributed by atoms with Gasteiger partial charge in [0.05, 0.1) is 6.04 Å². The predicted octanol–water partition coefficient (Wildman–Crippen LogP) is 3.04. The lowest BCUT2D eigenvalue weighted by Crippen LogP contribution is -2.43. The molecule has 1 fully saturated rings. The Morgan fingerprint density at radius 3 is 2.32 bits per heavy atom. The van der Waals surface area contributed by atoms with Crippen LogP contribution in [0.3, 0.4) is 0 Å². The Labute approximate surface area is 186 Å². The second-order valence-corrected chi connectivity index (χ2v) is 8.03. The molecule has 1 atom stereocenters. The Kier molecular flexibility index (Phi) is 8.91. The van der Waals surface area contributed by atoms with E-state index >= 15 is 0 Å². The second-order valence-electron chi connectivity index (χ2n) is 8.03. The highest BCUT2D eigenvalue weighted by molar-refractivity contribution is 5.81. The highest BCUT2D eigenvalue weighted by atomic mass is 16.2. The number of guanidine groups is 1. The first-order valence-corrected chi connectivity index (χ1v) is 11.2. The Hall–Kier alpha value is -2.86. The topological polar surface area (TPSA) is 60.0 Å². The van der Waals surface area contributed by atoms with Crippen molar-refractivity contribution in [2.45, 2.75) is 31.8 Å². The van der Waals surface area contributed by atoms with Crippen LogP contribution < -0.4 is 10.6 Å². The van der Waals surface area contributed by atoms with E-state index in [4.69, 9.17) is 0 Å². The monoisotopic (exact) mass is 421 g/mol. The van der Waals surface area contributed by atoms with E-state index in [2.05, 4.69) is 50.9 Å².